The standard InChI is InChI=1S/C28H36Cl2N6O2/c1-17-15-35(12-10-24(17)34-11-4-5-20(16-34)6-9-26(37)38)25-14-31-27-18(2)33-36(28(27)32-25)19(3)22-8-7-21(29)13-23(22)30/h7-8,13-14,17,19-20,24H,4-6,9-12,15-16H2,1-3H3,(H,37,38)/t17-,19+,20-,24?/m0/s1. The Labute approximate surface area is 233 Å². The number of aryl methyl sites for hydroxylation is 1. The van der Waals surface area contributed by atoms with Crippen LogP contribution in [0, 0.1) is 18.8 Å². The van der Waals surface area contributed by atoms with Crippen LogP contribution in [-0.4, -0.2) is 67.9 Å². The number of likely N-dealkylation sites (tertiary alicyclic amines) is 1. The number of rotatable bonds is 7. The van der Waals surface area contributed by atoms with Crippen LogP contribution in [0.2, 0.25) is 10.0 Å². The molecule has 2 saturated heterocycles. The molecule has 0 saturated carbocycles. The van der Waals surface area contributed by atoms with Crippen LogP contribution in [0.3, 0.4) is 0 Å². The Morgan fingerprint density at radius 2 is 2.03 bits per heavy atom. The van der Waals surface area contributed by atoms with Gasteiger partial charge in [0.1, 0.15) is 11.3 Å². The van der Waals surface area contributed by atoms with Gasteiger partial charge < -0.3 is 10.0 Å². The van der Waals surface area contributed by atoms with E-state index in [2.05, 4.69) is 23.6 Å². The molecular formula is C28H36Cl2N6O2. The van der Waals surface area contributed by atoms with Gasteiger partial charge in [-0.1, -0.05) is 36.2 Å². The maximum atomic E-state index is 11.0. The van der Waals surface area contributed by atoms with Gasteiger partial charge in [0.15, 0.2) is 5.65 Å². The third-order valence-corrected chi connectivity index (χ3v) is 8.87. The predicted octanol–water partition coefficient (Wildman–Crippen LogP) is 5.84. The highest BCUT2D eigenvalue weighted by Crippen LogP contribution is 2.33. The SMILES string of the molecule is Cc1nn([C@H](C)c2ccc(Cl)cc2Cl)c2nc(N3CCC(N4CCC[C@@H](CCC(=O)O)C4)[C@@H](C)C3)cnc12. The molecule has 204 valence electrons. The van der Waals surface area contributed by atoms with Crippen molar-refractivity contribution in [1.29, 1.82) is 0 Å². The first-order chi connectivity index (χ1) is 18.2. The molecule has 0 spiro atoms. The molecule has 2 aliphatic heterocycles. The number of halogens is 2. The van der Waals surface area contributed by atoms with Crippen molar-refractivity contribution < 1.29 is 9.90 Å². The first kappa shape index (κ1) is 27.2. The molecule has 0 bridgehead atoms. The van der Waals surface area contributed by atoms with E-state index < -0.39 is 5.97 Å². The second-order valence-electron chi connectivity index (χ2n) is 11.0. The molecule has 2 fully saturated rings. The van der Waals surface area contributed by atoms with Crippen LogP contribution in [0.5, 0.6) is 0 Å². The average molecular weight is 560 g/mol. The number of carboxylic acid groups (broad SMARTS) is 1. The minimum atomic E-state index is -0.691. The Bertz CT molecular complexity index is 1310. The molecule has 38 heavy (non-hydrogen) atoms. The maximum Gasteiger partial charge on any atom is 0.303 e. The van der Waals surface area contributed by atoms with E-state index in [4.69, 9.17) is 43.4 Å². The van der Waals surface area contributed by atoms with Gasteiger partial charge in [-0.3, -0.25) is 9.69 Å². The smallest absolute Gasteiger partial charge is 0.303 e. The average Bonchev–Trinajstić information content (AvgIpc) is 3.23. The van der Waals surface area contributed by atoms with Crippen molar-refractivity contribution in [2.24, 2.45) is 11.8 Å². The van der Waals surface area contributed by atoms with E-state index in [1.54, 1.807) is 6.07 Å². The molecule has 2 aliphatic rings. The van der Waals surface area contributed by atoms with Crippen LogP contribution >= 0.6 is 23.2 Å². The molecule has 5 rings (SSSR count). The lowest BCUT2D eigenvalue weighted by Gasteiger charge is -2.46. The fourth-order valence-electron chi connectivity index (χ4n) is 6.28. The highest BCUT2D eigenvalue weighted by atomic mass is 35.5. The number of nitrogens with zero attached hydrogens (tertiary/aromatic N) is 6. The number of carbonyl (C=O) groups is 1. The molecule has 3 aromatic rings. The van der Waals surface area contributed by atoms with Crippen molar-refractivity contribution >= 4 is 46.2 Å². The fourth-order valence-corrected chi connectivity index (χ4v) is 6.85. The van der Waals surface area contributed by atoms with Crippen molar-refractivity contribution in [2.75, 3.05) is 31.1 Å². The summed E-state index contributed by atoms with van der Waals surface area (Å²) >= 11 is 12.6. The zero-order valence-electron chi connectivity index (χ0n) is 22.3. The summed E-state index contributed by atoms with van der Waals surface area (Å²) in [5, 5.41) is 15.1. The largest absolute Gasteiger partial charge is 0.481 e. The van der Waals surface area contributed by atoms with E-state index in [0.717, 1.165) is 80.1 Å². The Morgan fingerprint density at radius 3 is 2.76 bits per heavy atom. The Hall–Kier alpha value is -2.42. The minimum Gasteiger partial charge on any atom is -0.481 e. The van der Waals surface area contributed by atoms with E-state index in [0.29, 0.717) is 27.9 Å². The molecule has 1 unspecified atom stereocenters. The van der Waals surface area contributed by atoms with Gasteiger partial charge in [0, 0.05) is 42.1 Å². The number of hydrogen-bond donors (Lipinski definition) is 1. The van der Waals surface area contributed by atoms with Gasteiger partial charge >= 0.3 is 5.97 Å². The number of anilines is 1. The van der Waals surface area contributed by atoms with E-state index in [1.165, 1.54) is 0 Å². The lowest BCUT2D eigenvalue weighted by Crippen LogP contribution is -2.53. The fraction of sp³-hybridized carbons (Fsp3) is 0.571. The minimum absolute atomic E-state index is 0.127. The van der Waals surface area contributed by atoms with Crippen LogP contribution < -0.4 is 4.90 Å². The first-order valence-corrected chi connectivity index (χ1v) is 14.3. The lowest BCUT2D eigenvalue weighted by molar-refractivity contribution is -0.137. The summed E-state index contributed by atoms with van der Waals surface area (Å²) in [6.45, 7) is 10.3. The second kappa shape index (κ2) is 11.4. The summed E-state index contributed by atoms with van der Waals surface area (Å²) in [4.78, 5) is 25.8. The molecule has 4 heterocycles. The third kappa shape index (κ3) is 5.63. The normalized spacial score (nSPS) is 23.6. The van der Waals surface area contributed by atoms with Crippen molar-refractivity contribution in [3.8, 4) is 0 Å². The van der Waals surface area contributed by atoms with Crippen LogP contribution in [0.4, 0.5) is 5.82 Å². The summed E-state index contributed by atoms with van der Waals surface area (Å²) in [6, 6.07) is 5.92. The molecule has 2 aromatic heterocycles. The monoisotopic (exact) mass is 558 g/mol. The van der Waals surface area contributed by atoms with Gasteiger partial charge in [-0.2, -0.15) is 5.10 Å². The summed E-state index contributed by atoms with van der Waals surface area (Å²) in [5.41, 5.74) is 3.33. The van der Waals surface area contributed by atoms with Gasteiger partial charge in [0.2, 0.25) is 0 Å². The first-order valence-electron chi connectivity index (χ1n) is 13.6. The van der Waals surface area contributed by atoms with Gasteiger partial charge in [0.25, 0.3) is 0 Å². The van der Waals surface area contributed by atoms with Gasteiger partial charge in [-0.05, 0) is 75.6 Å². The predicted molar refractivity (Wildman–Crippen MR) is 151 cm³/mol. The number of aromatic nitrogens is 4. The number of piperidine rings is 2. The number of benzene rings is 1. The summed E-state index contributed by atoms with van der Waals surface area (Å²) in [5.74, 6) is 1.14. The molecule has 0 aliphatic carbocycles. The summed E-state index contributed by atoms with van der Waals surface area (Å²) in [7, 11) is 0. The summed E-state index contributed by atoms with van der Waals surface area (Å²) < 4.78 is 1.91. The quantitative estimate of drug-likeness (QED) is 0.389. The van der Waals surface area contributed by atoms with Crippen LogP contribution in [-0.2, 0) is 4.79 Å². The Balaban J connectivity index is 1.32. The van der Waals surface area contributed by atoms with Gasteiger partial charge in [0.05, 0.1) is 17.9 Å². The van der Waals surface area contributed by atoms with Crippen LogP contribution in [0.25, 0.3) is 11.2 Å². The lowest BCUT2D eigenvalue weighted by atomic mass is 9.87. The number of hydrogen-bond acceptors (Lipinski definition) is 6. The maximum absolute atomic E-state index is 11.0. The highest BCUT2D eigenvalue weighted by Gasteiger charge is 2.34. The zero-order valence-corrected chi connectivity index (χ0v) is 23.8. The van der Waals surface area contributed by atoms with Crippen molar-refractivity contribution in [1.82, 2.24) is 24.6 Å². The van der Waals surface area contributed by atoms with Gasteiger partial charge in [-0.25, -0.2) is 14.6 Å². The molecular weight excluding hydrogens is 523 g/mol. The second-order valence-corrected chi connectivity index (χ2v) is 11.8. The van der Waals surface area contributed by atoms with E-state index in [9.17, 15) is 4.79 Å². The van der Waals surface area contributed by atoms with Gasteiger partial charge in [-0.15, -0.1) is 0 Å². The van der Waals surface area contributed by atoms with Crippen molar-refractivity contribution in [3.05, 3.63) is 45.7 Å². The molecule has 4 atom stereocenters. The topological polar surface area (TPSA) is 87.4 Å². The molecule has 0 radical (unpaired) electrons. The molecule has 10 heteroatoms. The highest BCUT2D eigenvalue weighted by molar-refractivity contribution is 6.35. The molecule has 1 N–H and O–H groups in total. The van der Waals surface area contributed by atoms with Crippen molar-refractivity contribution in [3.63, 3.8) is 0 Å². The van der Waals surface area contributed by atoms with E-state index in [1.807, 2.05) is 29.9 Å². The zero-order chi connectivity index (χ0) is 27.0. The number of carboxylic acids is 1. The molecule has 8 nitrogen and oxygen atoms in total. The van der Waals surface area contributed by atoms with Crippen LogP contribution in [0.1, 0.15) is 63.3 Å². The molecule has 0 amide bonds. The molecule has 1 aromatic carbocycles. The van der Waals surface area contributed by atoms with E-state index in [-0.39, 0.29) is 12.5 Å². The third-order valence-electron chi connectivity index (χ3n) is 8.31. The van der Waals surface area contributed by atoms with Crippen LogP contribution in [0.15, 0.2) is 24.4 Å². The Morgan fingerprint density at radius 1 is 1.21 bits per heavy atom. The van der Waals surface area contributed by atoms with Crippen molar-refractivity contribution in [2.45, 2.75) is 65.0 Å². The number of fused-ring (bicyclic) bond motifs is 1. The number of aliphatic carboxylic acids is 1. The van der Waals surface area contributed by atoms with E-state index >= 15 is 0 Å². The summed E-state index contributed by atoms with van der Waals surface area (Å²) in [6.07, 6.45) is 6.27. The Kier molecular flexibility index (Phi) is 8.12.